The van der Waals surface area contributed by atoms with Gasteiger partial charge < -0.3 is 19.5 Å². The lowest BCUT2D eigenvalue weighted by Crippen LogP contribution is -2.26. The second-order valence-electron chi connectivity index (χ2n) is 6.55. The van der Waals surface area contributed by atoms with Gasteiger partial charge in [-0.15, -0.1) is 0 Å². The van der Waals surface area contributed by atoms with Gasteiger partial charge in [0.1, 0.15) is 11.4 Å². The predicted molar refractivity (Wildman–Crippen MR) is 115 cm³/mol. The van der Waals surface area contributed by atoms with E-state index in [-0.39, 0.29) is 5.91 Å². The highest BCUT2D eigenvalue weighted by Gasteiger charge is 2.11. The first-order valence-corrected chi connectivity index (χ1v) is 10.0. The number of H-pyrrole nitrogens is 1. The normalized spacial score (nSPS) is 10.5. The van der Waals surface area contributed by atoms with E-state index in [0.717, 1.165) is 28.4 Å². The molecule has 2 aromatic carbocycles. The fourth-order valence-corrected chi connectivity index (χ4v) is 3.01. The van der Waals surface area contributed by atoms with Gasteiger partial charge in [-0.25, -0.2) is 0 Å². The summed E-state index contributed by atoms with van der Waals surface area (Å²) in [4.78, 5) is 12.4. The minimum Gasteiger partial charge on any atom is -0.497 e. The number of carbonyl (C=O) groups excluding carboxylic acids is 1. The number of nitrogens with zero attached hydrogens (tertiary/aromatic N) is 1. The van der Waals surface area contributed by atoms with Crippen molar-refractivity contribution in [2.45, 2.75) is 20.3 Å². The van der Waals surface area contributed by atoms with Crippen molar-refractivity contribution in [1.82, 2.24) is 15.5 Å². The molecular formula is C23H27N3O4. The molecule has 1 amide bonds. The molecule has 30 heavy (non-hydrogen) atoms. The van der Waals surface area contributed by atoms with E-state index in [1.54, 1.807) is 13.2 Å². The number of benzene rings is 2. The summed E-state index contributed by atoms with van der Waals surface area (Å²) in [6.45, 7) is 5.52. The number of methoxy groups -OCH3 is 1. The van der Waals surface area contributed by atoms with Crippen molar-refractivity contribution >= 4 is 5.91 Å². The van der Waals surface area contributed by atoms with Crippen LogP contribution in [0.1, 0.15) is 29.9 Å². The minimum atomic E-state index is -0.196. The first-order valence-electron chi connectivity index (χ1n) is 10.0. The van der Waals surface area contributed by atoms with Gasteiger partial charge in [-0.1, -0.05) is 6.07 Å². The number of nitrogens with one attached hydrogen (secondary N) is 2. The summed E-state index contributed by atoms with van der Waals surface area (Å²) in [5, 5.41) is 9.95. The number of hydrogen-bond acceptors (Lipinski definition) is 5. The fourth-order valence-electron chi connectivity index (χ4n) is 3.01. The van der Waals surface area contributed by atoms with Gasteiger partial charge in [0.2, 0.25) is 0 Å². The van der Waals surface area contributed by atoms with Crippen molar-refractivity contribution in [3.05, 3.63) is 59.8 Å². The van der Waals surface area contributed by atoms with Crippen molar-refractivity contribution < 1.29 is 19.0 Å². The molecule has 0 aliphatic rings. The highest BCUT2D eigenvalue weighted by Crippen LogP contribution is 2.28. The molecule has 7 heteroatoms. The average Bonchev–Trinajstić information content (AvgIpc) is 3.26. The molecule has 1 heterocycles. The third kappa shape index (κ3) is 5.31. The van der Waals surface area contributed by atoms with Gasteiger partial charge in [-0.2, -0.15) is 5.10 Å². The first-order chi connectivity index (χ1) is 14.6. The number of rotatable bonds is 10. The maximum absolute atomic E-state index is 12.4. The van der Waals surface area contributed by atoms with Crippen LogP contribution in [0.2, 0.25) is 0 Å². The van der Waals surface area contributed by atoms with E-state index in [1.807, 2.05) is 56.3 Å². The Bertz CT molecular complexity index is 967. The van der Waals surface area contributed by atoms with Crippen LogP contribution in [0.4, 0.5) is 0 Å². The van der Waals surface area contributed by atoms with Crippen LogP contribution in [0.5, 0.6) is 17.2 Å². The highest BCUT2D eigenvalue weighted by molar-refractivity contribution is 5.93. The third-order valence-corrected chi connectivity index (χ3v) is 4.52. The van der Waals surface area contributed by atoms with Gasteiger partial charge in [0, 0.05) is 12.1 Å². The van der Waals surface area contributed by atoms with Crippen LogP contribution in [0.3, 0.4) is 0 Å². The monoisotopic (exact) mass is 409 g/mol. The van der Waals surface area contributed by atoms with Crippen LogP contribution in [0.15, 0.2) is 48.5 Å². The van der Waals surface area contributed by atoms with Gasteiger partial charge in [0.05, 0.1) is 26.0 Å². The Hall–Kier alpha value is -3.48. The number of aromatic nitrogens is 2. The SMILES string of the molecule is CCOc1ccc(CCNC(=O)c2cc(-c3ccc(OC)cc3)n[nH]2)cc1OCC. The number of amides is 1. The molecule has 0 aliphatic carbocycles. The van der Waals surface area contributed by atoms with Gasteiger partial charge >= 0.3 is 0 Å². The Morgan fingerprint density at radius 3 is 2.43 bits per heavy atom. The standard InChI is InChI=1S/C23H27N3O4/c1-4-29-21-11-6-16(14-22(21)30-5-2)12-13-24-23(27)20-15-19(25-26-20)17-7-9-18(28-3)10-8-17/h6-11,14-15H,4-5,12-13H2,1-3H3,(H,24,27)(H,25,26). The molecule has 0 aliphatic heterocycles. The smallest absolute Gasteiger partial charge is 0.269 e. The van der Waals surface area contributed by atoms with Gasteiger partial charge in [0.15, 0.2) is 11.5 Å². The second-order valence-corrected chi connectivity index (χ2v) is 6.55. The summed E-state index contributed by atoms with van der Waals surface area (Å²) >= 11 is 0. The van der Waals surface area contributed by atoms with Crippen molar-refractivity contribution in [1.29, 1.82) is 0 Å². The number of ether oxygens (including phenoxy) is 3. The lowest BCUT2D eigenvalue weighted by Gasteiger charge is -2.12. The lowest BCUT2D eigenvalue weighted by molar-refractivity contribution is 0.0949. The second kappa shape index (κ2) is 10.3. The van der Waals surface area contributed by atoms with Gasteiger partial charge in [0.25, 0.3) is 5.91 Å². The molecule has 0 fully saturated rings. The van der Waals surface area contributed by atoms with E-state index < -0.39 is 0 Å². The summed E-state index contributed by atoms with van der Waals surface area (Å²) in [7, 11) is 1.62. The number of hydrogen-bond donors (Lipinski definition) is 2. The highest BCUT2D eigenvalue weighted by atomic mass is 16.5. The third-order valence-electron chi connectivity index (χ3n) is 4.52. The van der Waals surface area contributed by atoms with E-state index in [2.05, 4.69) is 15.5 Å². The van der Waals surface area contributed by atoms with E-state index in [0.29, 0.717) is 37.6 Å². The van der Waals surface area contributed by atoms with Crippen LogP contribution in [-0.4, -0.2) is 43.0 Å². The quantitative estimate of drug-likeness (QED) is 0.531. The molecule has 0 radical (unpaired) electrons. The lowest BCUT2D eigenvalue weighted by atomic mass is 10.1. The summed E-state index contributed by atoms with van der Waals surface area (Å²) < 4.78 is 16.4. The van der Waals surface area contributed by atoms with Crippen LogP contribution in [-0.2, 0) is 6.42 Å². The van der Waals surface area contributed by atoms with Crippen LogP contribution < -0.4 is 19.5 Å². The number of carbonyl (C=O) groups is 1. The van der Waals surface area contributed by atoms with E-state index >= 15 is 0 Å². The zero-order chi connectivity index (χ0) is 21.3. The zero-order valence-electron chi connectivity index (χ0n) is 17.5. The molecule has 0 spiro atoms. The van der Waals surface area contributed by atoms with Crippen molar-refractivity contribution in [2.75, 3.05) is 26.9 Å². The predicted octanol–water partition coefficient (Wildman–Crippen LogP) is 3.86. The molecule has 158 valence electrons. The molecule has 3 aromatic rings. The molecule has 2 N–H and O–H groups in total. The summed E-state index contributed by atoms with van der Waals surface area (Å²) in [5.74, 6) is 2.03. The van der Waals surface area contributed by atoms with Gasteiger partial charge in [-0.3, -0.25) is 9.89 Å². The molecule has 0 atom stereocenters. The van der Waals surface area contributed by atoms with E-state index in [4.69, 9.17) is 14.2 Å². The minimum absolute atomic E-state index is 0.196. The van der Waals surface area contributed by atoms with Crippen LogP contribution in [0, 0.1) is 0 Å². The average molecular weight is 409 g/mol. The molecule has 0 unspecified atom stereocenters. The largest absolute Gasteiger partial charge is 0.497 e. The molecule has 7 nitrogen and oxygen atoms in total. The van der Waals surface area contributed by atoms with Gasteiger partial charge in [-0.05, 0) is 68.3 Å². The maximum Gasteiger partial charge on any atom is 0.269 e. The molecule has 0 saturated carbocycles. The summed E-state index contributed by atoms with van der Waals surface area (Å²) in [6, 6.07) is 15.1. The molecule has 3 rings (SSSR count). The molecular weight excluding hydrogens is 382 g/mol. The first kappa shape index (κ1) is 21.2. The van der Waals surface area contributed by atoms with Crippen molar-refractivity contribution in [3.8, 4) is 28.5 Å². The Balaban J connectivity index is 1.57. The fraction of sp³-hybridized carbons (Fsp3) is 0.304. The topological polar surface area (TPSA) is 85.5 Å². The number of aromatic amines is 1. The Kier molecular flexibility index (Phi) is 7.32. The Labute approximate surface area is 176 Å². The van der Waals surface area contributed by atoms with Crippen molar-refractivity contribution in [3.63, 3.8) is 0 Å². The zero-order valence-corrected chi connectivity index (χ0v) is 17.5. The van der Waals surface area contributed by atoms with Crippen molar-refractivity contribution in [2.24, 2.45) is 0 Å². The molecule has 0 saturated heterocycles. The Morgan fingerprint density at radius 2 is 1.73 bits per heavy atom. The van der Waals surface area contributed by atoms with E-state index in [9.17, 15) is 4.79 Å². The summed E-state index contributed by atoms with van der Waals surface area (Å²) in [6.07, 6.45) is 0.678. The molecule has 0 bridgehead atoms. The molecule has 1 aromatic heterocycles. The Morgan fingerprint density at radius 1 is 1.00 bits per heavy atom. The van der Waals surface area contributed by atoms with E-state index in [1.165, 1.54) is 0 Å². The maximum atomic E-state index is 12.4. The summed E-state index contributed by atoms with van der Waals surface area (Å²) in [5.41, 5.74) is 3.09. The van der Waals surface area contributed by atoms with Crippen LogP contribution in [0.25, 0.3) is 11.3 Å². The van der Waals surface area contributed by atoms with Crippen LogP contribution >= 0.6 is 0 Å².